The molecule has 0 aliphatic carbocycles. The molecule has 1 aromatic heterocycles. The third-order valence-corrected chi connectivity index (χ3v) is 5.25. The second-order valence-corrected chi connectivity index (χ2v) is 7.21. The summed E-state index contributed by atoms with van der Waals surface area (Å²) in [5.41, 5.74) is 1.10. The highest BCUT2D eigenvalue weighted by molar-refractivity contribution is 6.35. The summed E-state index contributed by atoms with van der Waals surface area (Å²) in [4.78, 5) is 25.2. The lowest BCUT2D eigenvalue weighted by molar-refractivity contribution is -0.132. The normalized spacial score (nSPS) is 15.2. The van der Waals surface area contributed by atoms with Gasteiger partial charge in [-0.2, -0.15) is 5.10 Å². The molecule has 0 radical (unpaired) electrons. The van der Waals surface area contributed by atoms with Crippen molar-refractivity contribution in [2.75, 3.05) is 13.1 Å². The van der Waals surface area contributed by atoms with Crippen molar-refractivity contribution < 1.29 is 14.7 Å². The fraction of sp³-hybridized carbons (Fsp3) is 0.389. The molecule has 1 saturated heterocycles. The van der Waals surface area contributed by atoms with Crippen LogP contribution >= 0.6 is 23.2 Å². The topological polar surface area (TPSA) is 75.4 Å². The van der Waals surface area contributed by atoms with E-state index in [2.05, 4.69) is 5.10 Å². The van der Waals surface area contributed by atoms with Crippen LogP contribution in [0.4, 0.5) is 0 Å². The van der Waals surface area contributed by atoms with Crippen molar-refractivity contribution in [3.8, 4) is 0 Å². The third kappa shape index (κ3) is 4.37. The Hall–Kier alpha value is -2.05. The van der Waals surface area contributed by atoms with Gasteiger partial charge in [-0.05, 0) is 37.0 Å². The maximum Gasteiger partial charge on any atom is 0.338 e. The zero-order chi connectivity index (χ0) is 18.7. The van der Waals surface area contributed by atoms with E-state index in [1.54, 1.807) is 23.0 Å². The quantitative estimate of drug-likeness (QED) is 0.837. The lowest BCUT2D eigenvalue weighted by atomic mass is 10.0. The number of aryl methyl sites for hydroxylation is 1. The summed E-state index contributed by atoms with van der Waals surface area (Å²) < 4.78 is 1.69. The number of amides is 1. The van der Waals surface area contributed by atoms with Crippen LogP contribution in [0.1, 0.15) is 41.2 Å². The van der Waals surface area contributed by atoms with Crippen LogP contribution in [0.2, 0.25) is 10.0 Å². The van der Waals surface area contributed by atoms with Gasteiger partial charge in [-0.25, -0.2) is 4.79 Å². The van der Waals surface area contributed by atoms with Crippen LogP contribution in [-0.2, 0) is 11.2 Å². The van der Waals surface area contributed by atoms with Crippen molar-refractivity contribution in [2.45, 2.75) is 31.7 Å². The lowest BCUT2D eigenvalue weighted by Gasteiger charge is -2.32. The molecule has 1 fully saturated rings. The number of halogens is 2. The number of benzene rings is 1. The van der Waals surface area contributed by atoms with Gasteiger partial charge in [-0.1, -0.05) is 29.3 Å². The molecule has 0 saturated carbocycles. The molecule has 3 rings (SSSR count). The molecule has 1 aliphatic rings. The van der Waals surface area contributed by atoms with Crippen molar-refractivity contribution >= 4 is 35.1 Å². The van der Waals surface area contributed by atoms with Crippen LogP contribution in [0.25, 0.3) is 0 Å². The van der Waals surface area contributed by atoms with Crippen LogP contribution in [0.3, 0.4) is 0 Å². The predicted octanol–water partition coefficient (Wildman–Crippen LogP) is 3.68. The molecule has 1 amide bonds. The molecule has 0 atom stereocenters. The number of rotatable bonds is 5. The standard InChI is InChI=1S/C18H19Cl2N3O3/c19-14-3-1-12(16(20)9-14)2-4-17(24)22-7-5-15(6-8-22)23-11-13(10-21-23)18(25)26/h1,3,9-11,15H,2,4-8H2,(H,25,26). The van der Waals surface area contributed by atoms with E-state index in [-0.39, 0.29) is 17.5 Å². The highest BCUT2D eigenvalue weighted by Crippen LogP contribution is 2.25. The van der Waals surface area contributed by atoms with E-state index in [0.29, 0.717) is 36.0 Å². The minimum absolute atomic E-state index is 0.0983. The molecule has 2 aromatic rings. The number of aromatic nitrogens is 2. The van der Waals surface area contributed by atoms with Gasteiger partial charge in [0.15, 0.2) is 0 Å². The minimum Gasteiger partial charge on any atom is -0.478 e. The van der Waals surface area contributed by atoms with E-state index in [9.17, 15) is 9.59 Å². The summed E-state index contributed by atoms with van der Waals surface area (Å²) in [6.45, 7) is 1.28. The first-order chi connectivity index (χ1) is 12.4. The van der Waals surface area contributed by atoms with Crippen molar-refractivity contribution in [3.63, 3.8) is 0 Å². The molecular formula is C18H19Cl2N3O3. The number of aromatic carboxylic acids is 1. The monoisotopic (exact) mass is 395 g/mol. The maximum atomic E-state index is 12.4. The van der Waals surface area contributed by atoms with Crippen LogP contribution < -0.4 is 0 Å². The highest BCUT2D eigenvalue weighted by atomic mass is 35.5. The molecule has 6 nitrogen and oxygen atoms in total. The Balaban J connectivity index is 1.50. The second kappa shape index (κ2) is 8.10. The van der Waals surface area contributed by atoms with Gasteiger partial charge in [0.25, 0.3) is 0 Å². The molecule has 0 spiro atoms. The van der Waals surface area contributed by atoms with E-state index < -0.39 is 5.97 Å². The molecule has 1 aromatic carbocycles. The Bertz CT molecular complexity index is 814. The SMILES string of the molecule is O=C(O)c1cnn(C2CCN(C(=O)CCc3ccc(Cl)cc3Cl)CC2)c1. The zero-order valence-electron chi connectivity index (χ0n) is 14.1. The molecule has 1 N–H and O–H groups in total. The van der Waals surface area contributed by atoms with Crippen molar-refractivity contribution in [1.29, 1.82) is 0 Å². The van der Waals surface area contributed by atoms with Crippen LogP contribution in [0, 0.1) is 0 Å². The highest BCUT2D eigenvalue weighted by Gasteiger charge is 2.24. The number of likely N-dealkylation sites (tertiary alicyclic amines) is 1. The molecule has 0 bridgehead atoms. The first-order valence-electron chi connectivity index (χ1n) is 8.43. The first-order valence-corrected chi connectivity index (χ1v) is 9.19. The van der Waals surface area contributed by atoms with E-state index >= 15 is 0 Å². The fourth-order valence-corrected chi connectivity index (χ4v) is 3.66. The average Bonchev–Trinajstić information content (AvgIpc) is 3.11. The van der Waals surface area contributed by atoms with Crippen LogP contribution in [-0.4, -0.2) is 44.8 Å². The molecular weight excluding hydrogens is 377 g/mol. The van der Waals surface area contributed by atoms with Gasteiger partial charge >= 0.3 is 5.97 Å². The van der Waals surface area contributed by atoms with E-state index in [1.807, 2.05) is 11.0 Å². The Morgan fingerprint density at radius 2 is 1.96 bits per heavy atom. The molecule has 26 heavy (non-hydrogen) atoms. The molecule has 8 heteroatoms. The van der Waals surface area contributed by atoms with Gasteiger partial charge in [0.1, 0.15) is 0 Å². The summed E-state index contributed by atoms with van der Waals surface area (Å²) in [6, 6.07) is 5.43. The van der Waals surface area contributed by atoms with Crippen LogP contribution in [0.15, 0.2) is 30.6 Å². The molecule has 2 heterocycles. The van der Waals surface area contributed by atoms with Gasteiger partial charge in [-0.3, -0.25) is 9.48 Å². The fourth-order valence-electron chi connectivity index (χ4n) is 3.15. The predicted molar refractivity (Wildman–Crippen MR) is 98.8 cm³/mol. The number of carboxylic acid groups (broad SMARTS) is 1. The van der Waals surface area contributed by atoms with Gasteiger partial charge in [0.05, 0.1) is 17.8 Å². The maximum absolute atomic E-state index is 12.4. The first kappa shape index (κ1) is 18.7. The smallest absolute Gasteiger partial charge is 0.338 e. The minimum atomic E-state index is -0.982. The van der Waals surface area contributed by atoms with Crippen molar-refractivity contribution in [1.82, 2.24) is 14.7 Å². The zero-order valence-corrected chi connectivity index (χ0v) is 15.6. The second-order valence-electron chi connectivity index (χ2n) is 6.36. The molecule has 1 aliphatic heterocycles. The molecule has 0 unspecified atom stereocenters. The van der Waals surface area contributed by atoms with E-state index in [4.69, 9.17) is 28.3 Å². The van der Waals surface area contributed by atoms with Gasteiger partial charge < -0.3 is 10.0 Å². The lowest BCUT2D eigenvalue weighted by Crippen LogP contribution is -2.39. The number of piperidine rings is 1. The summed E-state index contributed by atoms with van der Waals surface area (Å²) in [7, 11) is 0. The largest absolute Gasteiger partial charge is 0.478 e. The number of carbonyl (C=O) groups is 2. The summed E-state index contributed by atoms with van der Waals surface area (Å²) in [5.74, 6) is -0.883. The molecule has 138 valence electrons. The van der Waals surface area contributed by atoms with Crippen molar-refractivity contribution in [3.05, 3.63) is 51.8 Å². The number of carboxylic acids is 1. The van der Waals surface area contributed by atoms with Gasteiger partial charge in [0, 0.05) is 35.8 Å². The van der Waals surface area contributed by atoms with Crippen LogP contribution in [0.5, 0.6) is 0 Å². The Morgan fingerprint density at radius 3 is 2.58 bits per heavy atom. The number of hydrogen-bond donors (Lipinski definition) is 1. The number of hydrogen-bond acceptors (Lipinski definition) is 3. The van der Waals surface area contributed by atoms with Gasteiger partial charge in [-0.15, -0.1) is 0 Å². The van der Waals surface area contributed by atoms with E-state index in [0.717, 1.165) is 18.4 Å². The summed E-state index contributed by atoms with van der Waals surface area (Å²) in [5, 5.41) is 14.3. The number of carbonyl (C=O) groups excluding carboxylic acids is 1. The Morgan fingerprint density at radius 1 is 1.23 bits per heavy atom. The Labute approximate surface area is 161 Å². The average molecular weight is 396 g/mol. The number of nitrogens with zero attached hydrogens (tertiary/aromatic N) is 3. The van der Waals surface area contributed by atoms with Gasteiger partial charge in [0.2, 0.25) is 5.91 Å². The third-order valence-electron chi connectivity index (χ3n) is 4.66. The Kier molecular flexibility index (Phi) is 5.84. The summed E-state index contributed by atoms with van der Waals surface area (Å²) >= 11 is 12.0. The summed E-state index contributed by atoms with van der Waals surface area (Å²) in [6.07, 6.45) is 5.40. The van der Waals surface area contributed by atoms with Crippen molar-refractivity contribution in [2.24, 2.45) is 0 Å². The van der Waals surface area contributed by atoms with E-state index in [1.165, 1.54) is 6.20 Å².